The molecule has 0 saturated carbocycles. The Morgan fingerprint density at radius 2 is 2.29 bits per heavy atom. The number of rotatable bonds is 4. The normalized spacial score (nSPS) is 21.5. The Balaban J connectivity index is 1.61. The van der Waals surface area contributed by atoms with Crippen LogP contribution in [0.5, 0.6) is 0 Å². The number of carbonyl (C=O) groups is 1. The number of aliphatic hydroxyl groups is 1. The zero-order valence-corrected chi connectivity index (χ0v) is 16.3. The third-order valence-corrected chi connectivity index (χ3v) is 5.49. The van der Waals surface area contributed by atoms with Crippen molar-refractivity contribution in [1.29, 1.82) is 0 Å². The van der Waals surface area contributed by atoms with Crippen LogP contribution in [0.1, 0.15) is 39.3 Å². The Morgan fingerprint density at radius 3 is 3.04 bits per heavy atom. The van der Waals surface area contributed by atoms with Crippen molar-refractivity contribution in [2.45, 2.75) is 38.3 Å². The van der Waals surface area contributed by atoms with Crippen LogP contribution < -0.4 is 10.2 Å². The van der Waals surface area contributed by atoms with Crippen molar-refractivity contribution < 1.29 is 14.6 Å². The van der Waals surface area contributed by atoms with Gasteiger partial charge in [0.15, 0.2) is 0 Å². The van der Waals surface area contributed by atoms with E-state index in [9.17, 15) is 9.90 Å². The van der Waals surface area contributed by atoms with Crippen LogP contribution in [0.15, 0.2) is 24.4 Å². The van der Waals surface area contributed by atoms with Crippen molar-refractivity contribution in [2.24, 2.45) is 0 Å². The molecule has 2 N–H and O–H groups in total. The molecule has 2 aliphatic rings. The number of carbonyl (C=O) groups excluding carboxylic acids is 1. The van der Waals surface area contributed by atoms with E-state index in [1.807, 2.05) is 32.3 Å². The number of nitrogens with zero attached hydrogens (tertiary/aromatic N) is 3. The van der Waals surface area contributed by atoms with E-state index in [4.69, 9.17) is 4.74 Å². The summed E-state index contributed by atoms with van der Waals surface area (Å²) >= 11 is 0. The molecule has 7 heteroatoms. The van der Waals surface area contributed by atoms with Crippen LogP contribution in [0.2, 0.25) is 0 Å². The van der Waals surface area contributed by atoms with E-state index in [-0.39, 0.29) is 5.91 Å². The van der Waals surface area contributed by atoms with Crippen LogP contribution in [-0.4, -0.2) is 59.9 Å². The molecule has 0 bridgehead atoms. The minimum Gasteiger partial charge on any atom is -0.391 e. The van der Waals surface area contributed by atoms with Crippen molar-refractivity contribution in [3.05, 3.63) is 52.5 Å². The highest BCUT2D eigenvalue weighted by Crippen LogP contribution is 2.30. The van der Waals surface area contributed by atoms with E-state index in [2.05, 4.69) is 26.3 Å². The van der Waals surface area contributed by atoms with Gasteiger partial charge in [-0.05, 0) is 49.4 Å². The first-order valence-corrected chi connectivity index (χ1v) is 9.73. The van der Waals surface area contributed by atoms with Crippen LogP contribution >= 0.6 is 0 Å². The highest BCUT2D eigenvalue weighted by Gasteiger charge is 2.28. The van der Waals surface area contributed by atoms with Crippen LogP contribution in [0.4, 0.5) is 5.82 Å². The van der Waals surface area contributed by atoms with Gasteiger partial charge in [-0.3, -0.25) is 9.78 Å². The topological polar surface area (TPSA) is 87.6 Å². The lowest BCUT2D eigenvalue weighted by Crippen LogP contribution is -2.49. The summed E-state index contributed by atoms with van der Waals surface area (Å²) in [6, 6.07) is 5.55. The van der Waals surface area contributed by atoms with Gasteiger partial charge in [-0.2, -0.15) is 0 Å². The Morgan fingerprint density at radius 1 is 1.43 bits per heavy atom. The molecular formula is C21H26N4O3. The maximum atomic E-state index is 12.8. The standard InChI is InChI=1S/C21H26N4O3/c1-13-3-4-14(11-22-13)9-15-10-17(23-20-16(15)5-7-25(20)2)21(27)24-18-12-28-8-6-19(18)26/h3-4,10-11,18-19,26H,5-9,12H2,1-2H3,(H,24,27). The summed E-state index contributed by atoms with van der Waals surface area (Å²) in [5.41, 5.74) is 4.76. The first-order valence-electron chi connectivity index (χ1n) is 9.73. The van der Waals surface area contributed by atoms with Crippen LogP contribution in [0.25, 0.3) is 0 Å². The second-order valence-electron chi connectivity index (χ2n) is 7.64. The van der Waals surface area contributed by atoms with Gasteiger partial charge < -0.3 is 20.1 Å². The van der Waals surface area contributed by atoms with E-state index < -0.39 is 12.1 Å². The molecule has 0 aliphatic carbocycles. The van der Waals surface area contributed by atoms with Gasteiger partial charge in [-0.25, -0.2) is 4.98 Å². The predicted octanol–water partition coefficient (Wildman–Crippen LogP) is 1.25. The highest BCUT2D eigenvalue weighted by atomic mass is 16.5. The molecule has 0 aromatic carbocycles. The van der Waals surface area contributed by atoms with Crippen LogP contribution in [0.3, 0.4) is 0 Å². The van der Waals surface area contributed by atoms with E-state index in [1.165, 1.54) is 5.56 Å². The zero-order chi connectivity index (χ0) is 19.7. The van der Waals surface area contributed by atoms with Gasteiger partial charge in [-0.15, -0.1) is 0 Å². The van der Waals surface area contributed by atoms with Crippen molar-refractivity contribution >= 4 is 11.7 Å². The molecule has 2 aromatic rings. The summed E-state index contributed by atoms with van der Waals surface area (Å²) in [6.07, 6.45) is 3.45. The monoisotopic (exact) mass is 382 g/mol. The van der Waals surface area contributed by atoms with Crippen molar-refractivity contribution in [3.8, 4) is 0 Å². The molecule has 28 heavy (non-hydrogen) atoms. The quantitative estimate of drug-likeness (QED) is 0.828. The van der Waals surface area contributed by atoms with Gasteiger partial charge in [0.05, 0.1) is 18.8 Å². The van der Waals surface area contributed by atoms with Gasteiger partial charge in [0.1, 0.15) is 11.5 Å². The average molecular weight is 382 g/mol. The Kier molecular flexibility index (Phi) is 5.28. The van der Waals surface area contributed by atoms with Crippen molar-refractivity contribution in [1.82, 2.24) is 15.3 Å². The number of likely N-dealkylation sites (N-methyl/N-ethyl adjacent to an activating group) is 1. The fraction of sp³-hybridized carbons (Fsp3) is 0.476. The molecule has 0 spiro atoms. The fourth-order valence-electron chi connectivity index (χ4n) is 3.79. The first kappa shape index (κ1) is 18.8. The number of hydrogen-bond donors (Lipinski definition) is 2. The van der Waals surface area contributed by atoms with E-state index in [0.29, 0.717) is 31.7 Å². The van der Waals surface area contributed by atoms with E-state index in [1.54, 1.807) is 0 Å². The molecule has 4 heterocycles. The van der Waals surface area contributed by atoms with Crippen LogP contribution in [-0.2, 0) is 17.6 Å². The Bertz CT molecular complexity index is 869. The predicted molar refractivity (Wildman–Crippen MR) is 106 cm³/mol. The number of pyridine rings is 2. The molecule has 148 valence electrons. The van der Waals surface area contributed by atoms with Gasteiger partial charge in [0.25, 0.3) is 5.91 Å². The number of hydrogen-bond acceptors (Lipinski definition) is 6. The van der Waals surface area contributed by atoms with E-state index >= 15 is 0 Å². The smallest absolute Gasteiger partial charge is 0.270 e. The minimum atomic E-state index is -0.590. The molecule has 2 atom stereocenters. The summed E-state index contributed by atoms with van der Waals surface area (Å²) in [7, 11) is 2.00. The van der Waals surface area contributed by atoms with Crippen molar-refractivity contribution in [2.75, 3.05) is 31.7 Å². The number of ether oxygens (including phenoxy) is 1. The molecule has 0 radical (unpaired) electrons. The van der Waals surface area contributed by atoms with Crippen molar-refractivity contribution in [3.63, 3.8) is 0 Å². The number of nitrogens with one attached hydrogen (secondary N) is 1. The summed E-state index contributed by atoms with van der Waals surface area (Å²) in [5.74, 6) is 0.587. The number of amides is 1. The van der Waals surface area contributed by atoms with Gasteiger partial charge in [0.2, 0.25) is 0 Å². The number of aryl methyl sites for hydroxylation is 1. The second-order valence-corrected chi connectivity index (χ2v) is 7.64. The lowest BCUT2D eigenvalue weighted by atomic mass is 9.99. The SMILES string of the molecule is Cc1ccc(Cc2cc(C(=O)NC3COCCC3O)nc3c2CCN3C)cn1. The number of aromatic nitrogens is 2. The molecule has 1 fully saturated rings. The number of anilines is 1. The molecular weight excluding hydrogens is 356 g/mol. The Hall–Kier alpha value is -2.51. The maximum Gasteiger partial charge on any atom is 0.270 e. The minimum absolute atomic E-state index is 0.277. The lowest BCUT2D eigenvalue weighted by Gasteiger charge is -2.28. The second kappa shape index (κ2) is 7.85. The van der Waals surface area contributed by atoms with E-state index in [0.717, 1.165) is 35.6 Å². The zero-order valence-electron chi connectivity index (χ0n) is 16.3. The molecule has 2 unspecified atom stereocenters. The summed E-state index contributed by atoms with van der Waals surface area (Å²) < 4.78 is 5.38. The lowest BCUT2D eigenvalue weighted by molar-refractivity contribution is -0.0140. The summed E-state index contributed by atoms with van der Waals surface area (Å²) in [4.78, 5) is 23.9. The third-order valence-electron chi connectivity index (χ3n) is 5.49. The Labute approximate surface area is 164 Å². The molecule has 4 rings (SSSR count). The van der Waals surface area contributed by atoms with Gasteiger partial charge in [-0.1, -0.05) is 6.07 Å². The van der Waals surface area contributed by atoms with Crippen LogP contribution in [0, 0.1) is 6.92 Å². The highest BCUT2D eigenvalue weighted by molar-refractivity contribution is 5.93. The fourth-order valence-corrected chi connectivity index (χ4v) is 3.79. The maximum absolute atomic E-state index is 12.8. The van der Waals surface area contributed by atoms with Gasteiger partial charge in [0, 0.05) is 37.7 Å². The molecule has 1 saturated heterocycles. The third kappa shape index (κ3) is 3.86. The molecule has 1 amide bonds. The largest absolute Gasteiger partial charge is 0.391 e. The average Bonchev–Trinajstić information content (AvgIpc) is 3.07. The summed E-state index contributed by atoms with van der Waals surface area (Å²) in [6.45, 7) is 3.69. The number of aliphatic hydroxyl groups excluding tert-OH is 1. The van der Waals surface area contributed by atoms with Gasteiger partial charge >= 0.3 is 0 Å². The molecule has 2 aromatic heterocycles. The molecule has 7 nitrogen and oxygen atoms in total. The number of fused-ring (bicyclic) bond motifs is 1. The molecule has 2 aliphatic heterocycles. The first-order chi connectivity index (χ1) is 13.5. The summed E-state index contributed by atoms with van der Waals surface area (Å²) in [5, 5.41) is 13.0.